The summed E-state index contributed by atoms with van der Waals surface area (Å²) in [4.78, 5) is 40.0. The molecular formula is C32H44Cl3N3O5Si. The number of hydrogen-bond acceptors (Lipinski definition) is 6. The first kappa shape index (κ1) is 36.3. The van der Waals surface area contributed by atoms with Gasteiger partial charge in [0.2, 0.25) is 9.70 Å². The van der Waals surface area contributed by atoms with Gasteiger partial charge >= 0.3 is 5.97 Å². The maximum atomic E-state index is 14.1. The van der Waals surface area contributed by atoms with Gasteiger partial charge in [-0.25, -0.2) is 5.43 Å². The first-order valence-electron chi connectivity index (χ1n) is 14.8. The van der Waals surface area contributed by atoms with E-state index in [0.29, 0.717) is 19.4 Å². The Morgan fingerprint density at radius 1 is 0.955 bits per heavy atom. The van der Waals surface area contributed by atoms with Crippen LogP contribution in [0.15, 0.2) is 60.7 Å². The van der Waals surface area contributed by atoms with Gasteiger partial charge in [-0.3, -0.25) is 19.4 Å². The van der Waals surface area contributed by atoms with Crippen molar-refractivity contribution in [1.82, 2.24) is 15.8 Å². The zero-order valence-corrected chi connectivity index (χ0v) is 29.6. The number of benzene rings is 2. The lowest BCUT2D eigenvalue weighted by molar-refractivity contribution is -0.153. The summed E-state index contributed by atoms with van der Waals surface area (Å²) in [5, 5.41) is 6.08. The number of carbonyl (C=O) groups is 3. The highest BCUT2D eigenvalue weighted by molar-refractivity contribution is 6.99. The molecule has 44 heavy (non-hydrogen) atoms. The third-order valence-electron chi connectivity index (χ3n) is 7.32. The Morgan fingerprint density at radius 3 is 1.98 bits per heavy atom. The smallest absolute Gasteiger partial charge is 0.325 e. The van der Waals surface area contributed by atoms with E-state index in [1.165, 1.54) is 5.01 Å². The van der Waals surface area contributed by atoms with E-state index in [1.807, 2.05) is 57.2 Å². The molecule has 12 heteroatoms. The summed E-state index contributed by atoms with van der Waals surface area (Å²) in [6, 6.07) is 18.3. The Balaban J connectivity index is 1.94. The second-order valence-corrected chi connectivity index (χ2v) is 20.2. The monoisotopic (exact) mass is 683 g/mol. The standard InChI is InChI=1S/C32H44Cl3N3O5Si/c1-30(2,3)20-27(39)36-26(28(40)38-19-13-18-25(37-38)29(41)42-22-32(33,34)35)21-43-44(31(4,5)6,23-14-9-7-10-15-23)24-16-11-8-12-17-24/h7-12,14-17,25-26,37H,13,18-22H2,1-6H3,(H,36,39)/t25-,26-/m0/s1. The average Bonchev–Trinajstić information content (AvgIpc) is 2.94. The first-order chi connectivity index (χ1) is 20.4. The molecule has 2 aromatic carbocycles. The van der Waals surface area contributed by atoms with Gasteiger partial charge < -0.3 is 14.5 Å². The molecule has 2 aromatic rings. The Hall–Kier alpha value is -2.14. The van der Waals surface area contributed by atoms with Crippen molar-refractivity contribution in [2.45, 2.75) is 81.7 Å². The minimum atomic E-state index is -3.02. The van der Waals surface area contributed by atoms with Gasteiger partial charge in [0, 0.05) is 13.0 Å². The molecule has 1 heterocycles. The van der Waals surface area contributed by atoms with Gasteiger partial charge in [-0.05, 0) is 33.7 Å². The number of esters is 1. The summed E-state index contributed by atoms with van der Waals surface area (Å²) in [5.41, 5.74) is 2.67. The highest BCUT2D eigenvalue weighted by Gasteiger charge is 2.51. The van der Waals surface area contributed by atoms with Gasteiger partial charge in [-0.1, -0.05) is 137 Å². The zero-order valence-electron chi connectivity index (χ0n) is 26.3. The summed E-state index contributed by atoms with van der Waals surface area (Å²) < 4.78 is 10.4. The fraction of sp³-hybridized carbons (Fsp3) is 0.531. The number of rotatable bonds is 10. The molecule has 242 valence electrons. The van der Waals surface area contributed by atoms with Crippen molar-refractivity contribution in [2.75, 3.05) is 19.8 Å². The highest BCUT2D eigenvalue weighted by atomic mass is 35.6. The number of carbonyl (C=O) groups excluding carboxylic acids is 3. The molecule has 0 radical (unpaired) electrons. The lowest BCUT2D eigenvalue weighted by atomic mass is 9.92. The third kappa shape index (κ3) is 9.93. The number of amides is 2. The van der Waals surface area contributed by atoms with Crippen LogP contribution in [0.3, 0.4) is 0 Å². The number of nitrogens with zero attached hydrogens (tertiary/aromatic N) is 1. The van der Waals surface area contributed by atoms with Crippen molar-refractivity contribution in [3.8, 4) is 0 Å². The summed E-state index contributed by atoms with van der Waals surface area (Å²) in [6.45, 7) is 12.2. The van der Waals surface area contributed by atoms with E-state index in [9.17, 15) is 14.4 Å². The molecule has 1 aliphatic rings. The second kappa shape index (κ2) is 15.0. The van der Waals surface area contributed by atoms with Gasteiger partial charge in [-0.2, -0.15) is 0 Å². The summed E-state index contributed by atoms with van der Waals surface area (Å²) in [7, 11) is -3.02. The molecule has 0 bridgehead atoms. The van der Waals surface area contributed by atoms with E-state index < -0.39 is 42.7 Å². The van der Waals surface area contributed by atoms with E-state index in [2.05, 4.69) is 55.8 Å². The van der Waals surface area contributed by atoms with Crippen molar-refractivity contribution < 1.29 is 23.5 Å². The molecule has 0 unspecified atom stereocenters. The van der Waals surface area contributed by atoms with Crippen LogP contribution in [-0.2, 0) is 23.5 Å². The van der Waals surface area contributed by atoms with Crippen molar-refractivity contribution >= 4 is 71.3 Å². The fourth-order valence-electron chi connectivity index (χ4n) is 5.43. The van der Waals surface area contributed by atoms with Crippen LogP contribution in [0, 0.1) is 5.41 Å². The number of ether oxygens (including phenoxy) is 1. The second-order valence-electron chi connectivity index (χ2n) is 13.4. The summed E-state index contributed by atoms with van der Waals surface area (Å²) >= 11 is 17.2. The fourth-order valence-corrected chi connectivity index (χ4v) is 10.2. The molecule has 2 N–H and O–H groups in total. The van der Waals surface area contributed by atoms with E-state index in [0.717, 1.165) is 10.4 Å². The molecule has 0 aromatic heterocycles. The van der Waals surface area contributed by atoms with Crippen molar-refractivity contribution in [2.24, 2.45) is 5.41 Å². The maximum absolute atomic E-state index is 14.1. The van der Waals surface area contributed by atoms with Crippen LogP contribution in [0.2, 0.25) is 5.04 Å². The van der Waals surface area contributed by atoms with Crippen LogP contribution in [0.25, 0.3) is 0 Å². The number of nitrogens with one attached hydrogen (secondary N) is 2. The molecular weight excluding hydrogens is 641 g/mol. The molecule has 1 saturated heterocycles. The zero-order chi connectivity index (χ0) is 32.8. The summed E-state index contributed by atoms with van der Waals surface area (Å²) in [5.74, 6) is -1.31. The van der Waals surface area contributed by atoms with Crippen molar-refractivity contribution in [3.05, 3.63) is 60.7 Å². The maximum Gasteiger partial charge on any atom is 0.325 e. The van der Waals surface area contributed by atoms with Gasteiger partial charge in [0.15, 0.2) is 0 Å². The van der Waals surface area contributed by atoms with Crippen LogP contribution in [0.5, 0.6) is 0 Å². The van der Waals surface area contributed by atoms with Crippen molar-refractivity contribution in [3.63, 3.8) is 0 Å². The first-order valence-corrected chi connectivity index (χ1v) is 17.8. The van der Waals surface area contributed by atoms with E-state index in [4.69, 9.17) is 44.0 Å². The molecule has 0 spiro atoms. The highest BCUT2D eigenvalue weighted by Crippen LogP contribution is 2.37. The third-order valence-corrected chi connectivity index (χ3v) is 12.7. The predicted molar refractivity (Wildman–Crippen MR) is 179 cm³/mol. The quantitative estimate of drug-likeness (QED) is 0.210. The minimum absolute atomic E-state index is 0.0669. The molecule has 3 rings (SSSR count). The van der Waals surface area contributed by atoms with E-state index in [-0.39, 0.29) is 29.4 Å². The molecule has 1 fully saturated rings. The van der Waals surface area contributed by atoms with Crippen LogP contribution < -0.4 is 21.1 Å². The molecule has 1 aliphatic heterocycles. The largest absolute Gasteiger partial charge is 0.460 e. The van der Waals surface area contributed by atoms with Crippen LogP contribution in [-0.4, -0.2) is 66.7 Å². The lowest BCUT2D eigenvalue weighted by Crippen LogP contribution is -2.68. The van der Waals surface area contributed by atoms with Gasteiger partial charge in [0.25, 0.3) is 14.2 Å². The number of hydrazine groups is 1. The number of hydrogen-bond donors (Lipinski definition) is 2. The normalized spacial score (nSPS) is 17.1. The van der Waals surface area contributed by atoms with E-state index >= 15 is 0 Å². The Kier molecular flexibility index (Phi) is 12.4. The molecule has 2 amide bonds. The predicted octanol–water partition coefficient (Wildman–Crippen LogP) is 4.89. The number of halogens is 3. The van der Waals surface area contributed by atoms with Gasteiger partial charge in [-0.15, -0.1) is 0 Å². The van der Waals surface area contributed by atoms with E-state index in [1.54, 1.807) is 0 Å². The van der Waals surface area contributed by atoms with Gasteiger partial charge in [0.1, 0.15) is 18.7 Å². The average molecular weight is 685 g/mol. The minimum Gasteiger partial charge on any atom is -0.460 e. The summed E-state index contributed by atoms with van der Waals surface area (Å²) in [6.07, 6.45) is 1.18. The Bertz CT molecular complexity index is 1220. The SMILES string of the molecule is CC(C)(C)CC(=O)N[C@@H](CO[Si](c1ccccc1)(c1ccccc1)C(C)(C)C)C(=O)N1CCC[C@@H](C(=O)OCC(Cl)(Cl)Cl)N1. The lowest BCUT2D eigenvalue weighted by Gasteiger charge is -2.44. The topological polar surface area (TPSA) is 97.0 Å². The molecule has 2 atom stereocenters. The molecule has 0 saturated carbocycles. The van der Waals surface area contributed by atoms with Crippen LogP contribution in [0.1, 0.15) is 60.8 Å². The van der Waals surface area contributed by atoms with Crippen LogP contribution in [0.4, 0.5) is 0 Å². The Labute approximate surface area is 277 Å². The van der Waals surface area contributed by atoms with Gasteiger partial charge in [0.05, 0.1) is 6.61 Å². The number of alkyl halides is 3. The van der Waals surface area contributed by atoms with Crippen LogP contribution >= 0.6 is 34.8 Å². The Morgan fingerprint density at radius 2 is 1.50 bits per heavy atom. The molecule has 8 nitrogen and oxygen atoms in total. The molecule has 0 aliphatic carbocycles. The van der Waals surface area contributed by atoms with Crippen molar-refractivity contribution in [1.29, 1.82) is 0 Å².